The number of aromatic nitrogens is 1. The van der Waals surface area contributed by atoms with Crippen molar-refractivity contribution in [1.29, 1.82) is 0 Å². The maximum atomic E-state index is 13.5. The minimum atomic E-state index is -1.37. The molecule has 5 nitrogen and oxygen atoms in total. The first-order valence-electron chi connectivity index (χ1n) is 10.1. The Morgan fingerprint density at radius 3 is 2.30 bits per heavy atom. The Bertz CT molecular complexity index is 891. The number of pyridine rings is 1. The molecule has 0 bridgehead atoms. The second-order valence-corrected chi connectivity index (χ2v) is 8.10. The van der Waals surface area contributed by atoms with E-state index in [4.69, 9.17) is 4.98 Å². The zero-order chi connectivity index (χ0) is 22.4. The molecule has 0 aliphatic rings. The standard InChI is InChI=1S/C24H30FNO4/c1-14(2)22-13-21(16-5-7-17(25)8-6-16)20(24(26-22)15(3)4)10-9-18(27)11-19(28)12-23(29)30/h5-10,13-15,18-19,27-28H,11-12H2,1-4H3,(H,29,30)/p-1/b10-9+/t18-,19-/m1/s1. The fourth-order valence-corrected chi connectivity index (χ4v) is 3.21. The zero-order valence-electron chi connectivity index (χ0n) is 17.8. The summed E-state index contributed by atoms with van der Waals surface area (Å²) in [5.74, 6) is -1.39. The van der Waals surface area contributed by atoms with Crippen LogP contribution in [0.4, 0.5) is 4.39 Å². The number of carboxylic acid groups (broad SMARTS) is 1. The van der Waals surface area contributed by atoms with Gasteiger partial charge in [-0.05, 0) is 41.2 Å². The summed E-state index contributed by atoms with van der Waals surface area (Å²) < 4.78 is 13.5. The molecule has 6 heteroatoms. The van der Waals surface area contributed by atoms with Gasteiger partial charge in [-0.2, -0.15) is 0 Å². The van der Waals surface area contributed by atoms with Gasteiger partial charge in [0.25, 0.3) is 0 Å². The number of rotatable bonds is 9. The molecule has 0 aliphatic carbocycles. The van der Waals surface area contributed by atoms with Crippen molar-refractivity contribution in [3.63, 3.8) is 0 Å². The van der Waals surface area contributed by atoms with E-state index in [1.807, 2.05) is 19.9 Å². The number of aliphatic carboxylic acids is 1. The van der Waals surface area contributed by atoms with Crippen LogP contribution in [0.5, 0.6) is 0 Å². The van der Waals surface area contributed by atoms with Crippen molar-refractivity contribution >= 4 is 12.0 Å². The van der Waals surface area contributed by atoms with E-state index < -0.39 is 24.6 Å². The number of carboxylic acids is 1. The van der Waals surface area contributed by atoms with Crippen LogP contribution in [0.3, 0.4) is 0 Å². The van der Waals surface area contributed by atoms with Crippen molar-refractivity contribution in [3.8, 4) is 11.1 Å². The summed E-state index contributed by atoms with van der Waals surface area (Å²) in [6, 6.07) is 8.18. The third kappa shape index (κ3) is 6.47. The third-order valence-electron chi connectivity index (χ3n) is 4.80. The maximum Gasteiger partial charge on any atom is 0.123 e. The number of hydrogen-bond acceptors (Lipinski definition) is 5. The summed E-state index contributed by atoms with van der Waals surface area (Å²) in [5.41, 5.74) is 4.26. The highest BCUT2D eigenvalue weighted by Crippen LogP contribution is 2.33. The van der Waals surface area contributed by atoms with E-state index in [9.17, 15) is 24.5 Å². The van der Waals surface area contributed by atoms with Crippen molar-refractivity contribution < 1.29 is 24.5 Å². The lowest BCUT2D eigenvalue weighted by Crippen LogP contribution is -2.29. The molecule has 0 amide bonds. The number of carbonyl (C=O) groups excluding carboxylic acids is 1. The van der Waals surface area contributed by atoms with Gasteiger partial charge in [0, 0.05) is 30.1 Å². The largest absolute Gasteiger partial charge is 0.550 e. The molecule has 0 saturated carbocycles. The van der Waals surface area contributed by atoms with E-state index in [0.717, 1.165) is 28.1 Å². The van der Waals surface area contributed by atoms with Crippen LogP contribution < -0.4 is 5.11 Å². The number of hydrogen-bond donors (Lipinski definition) is 2. The molecule has 0 radical (unpaired) electrons. The fraction of sp³-hybridized carbons (Fsp3) is 0.417. The third-order valence-corrected chi connectivity index (χ3v) is 4.80. The van der Waals surface area contributed by atoms with Crippen LogP contribution in [0.1, 0.15) is 69.3 Å². The fourth-order valence-electron chi connectivity index (χ4n) is 3.21. The van der Waals surface area contributed by atoms with Crippen molar-refractivity contribution in [1.82, 2.24) is 4.98 Å². The van der Waals surface area contributed by atoms with Gasteiger partial charge in [0.05, 0.1) is 17.9 Å². The van der Waals surface area contributed by atoms with Crippen molar-refractivity contribution in [2.75, 3.05) is 0 Å². The number of aliphatic hydroxyl groups is 2. The Morgan fingerprint density at radius 2 is 1.77 bits per heavy atom. The van der Waals surface area contributed by atoms with E-state index in [0.29, 0.717) is 0 Å². The highest BCUT2D eigenvalue weighted by molar-refractivity contribution is 5.77. The quantitative estimate of drug-likeness (QED) is 0.656. The average molecular weight is 414 g/mol. The van der Waals surface area contributed by atoms with Crippen molar-refractivity contribution in [3.05, 3.63) is 59.2 Å². The van der Waals surface area contributed by atoms with Gasteiger partial charge in [-0.25, -0.2) is 4.39 Å². The number of halogens is 1. The van der Waals surface area contributed by atoms with E-state index in [2.05, 4.69) is 13.8 Å². The molecule has 1 aromatic heterocycles. The number of carbonyl (C=O) groups is 1. The Labute approximate surface area is 176 Å². The lowest BCUT2D eigenvalue weighted by molar-refractivity contribution is -0.307. The van der Waals surface area contributed by atoms with E-state index in [1.165, 1.54) is 18.2 Å². The van der Waals surface area contributed by atoms with Crippen molar-refractivity contribution in [2.24, 2.45) is 0 Å². The molecule has 2 rings (SSSR count). The topological polar surface area (TPSA) is 93.5 Å². The predicted octanol–water partition coefficient (Wildman–Crippen LogP) is 3.40. The molecule has 2 N–H and O–H groups in total. The summed E-state index contributed by atoms with van der Waals surface area (Å²) in [4.78, 5) is 15.4. The molecule has 1 aromatic carbocycles. The molecule has 0 aliphatic heterocycles. The predicted molar refractivity (Wildman–Crippen MR) is 113 cm³/mol. The van der Waals surface area contributed by atoms with Crippen LogP contribution in [0.15, 0.2) is 36.4 Å². The van der Waals surface area contributed by atoms with E-state index in [-0.39, 0.29) is 24.1 Å². The monoisotopic (exact) mass is 414 g/mol. The van der Waals surface area contributed by atoms with Gasteiger partial charge >= 0.3 is 0 Å². The molecule has 0 saturated heterocycles. The van der Waals surface area contributed by atoms with Crippen molar-refractivity contribution in [2.45, 2.75) is 64.6 Å². The smallest absolute Gasteiger partial charge is 0.123 e. The van der Waals surface area contributed by atoms with Gasteiger partial charge in [-0.3, -0.25) is 4.98 Å². The summed E-state index contributed by atoms with van der Waals surface area (Å²) >= 11 is 0. The van der Waals surface area contributed by atoms with Crippen LogP contribution >= 0.6 is 0 Å². The van der Waals surface area contributed by atoms with Gasteiger partial charge in [-0.15, -0.1) is 0 Å². The van der Waals surface area contributed by atoms with Gasteiger partial charge in [0.15, 0.2) is 0 Å². The lowest BCUT2D eigenvalue weighted by atomic mass is 9.91. The molecule has 0 fully saturated rings. The summed E-state index contributed by atoms with van der Waals surface area (Å²) in [5, 5.41) is 30.6. The Hall–Kier alpha value is -2.57. The van der Waals surface area contributed by atoms with Gasteiger partial charge in [-0.1, -0.05) is 52.0 Å². The first-order chi connectivity index (χ1) is 14.1. The van der Waals surface area contributed by atoms with Crippen LogP contribution in [0.2, 0.25) is 0 Å². The van der Waals surface area contributed by atoms with Crippen LogP contribution in [0, 0.1) is 5.82 Å². The van der Waals surface area contributed by atoms with Crippen LogP contribution in [-0.2, 0) is 4.79 Å². The molecule has 2 atom stereocenters. The number of nitrogens with zero attached hydrogens (tertiary/aromatic N) is 1. The molecule has 162 valence electrons. The normalized spacial score (nSPS) is 13.9. The molecule has 0 spiro atoms. The lowest BCUT2D eigenvalue weighted by Gasteiger charge is -2.19. The molecule has 1 heterocycles. The molecule has 30 heavy (non-hydrogen) atoms. The Kier molecular flexibility index (Phi) is 8.26. The minimum absolute atomic E-state index is 0.100. The summed E-state index contributed by atoms with van der Waals surface area (Å²) in [6.07, 6.45) is 0.367. The molecule has 2 aromatic rings. The van der Waals surface area contributed by atoms with E-state index in [1.54, 1.807) is 18.2 Å². The number of benzene rings is 1. The zero-order valence-corrected chi connectivity index (χ0v) is 17.8. The number of aliphatic hydroxyl groups excluding tert-OH is 2. The molecular weight excluding hydrogens is 385 g/mol. The Balaban J connectivity index is 2.49. The molecule has 0 unspecified atom stereocenters. The summed E-state index contributed by atoms with van der Waals surface area (Å²) in [7, 11) is 0. The Morgan fingerprint density at radius 1 is 1.13 bits per heavy atom. The van der Waals surface area contributed by atoms with Gasteiger partial charge < -0.3 is 20.1 Å². The minimum Gasteiger partial charge on any atom is -0.550 e. The average Bonchev–Trinajstić information content (AvgIpc) is 2.65. The molecular formula is C24H29FNO4-. The second kappa shape index (κ2) is 10.5. The first-order valence-corrected chi connectivity index (χ1v) is 10.1. The maximum absolute atomic E-state index is 13.5. The second-order valence-electron chi connectivity index (χ2n) is 8.10. The van der Waals surface area contributed by atoms with Gasteiger partial charge in [0.2, 0.25) is 0 Å². The van der Waals surface area contributed by atoms with Gasteiger partial charge in [0.1, 0.15) is 5.82 Å². The summed E-state index contributed by atoms with van der Waals surface area (Å²) in [6.45, 7) is 8.16. The first kappa shape index (κ1) is 23.7. The van der Waals surface area contributed by atoms with Crippen LogP contribution in [0.25, 0.3) is 17.2 Å². The highest BCUT2D eigenvalue weighted by atomic mass is 19.1. The van der Waals surface area contributed by atoms with Crippen LogP contribution in [-0.4, -0.2) is 33.4 Å². The highest BCUT2D eigenvalue weighted by Gasteiger charge is 2.17. The SMILES string of the molecule is CC(C)c1cc(-c2ccc(F)cc2)c(/C=C/[C@@H](O)C[C@@H](O)CC(=O)[O-])c(C(C)C)n1. The van der Waals surface area contributed by atoms with E-state index >= 15 is 0 Å².